The maximum Gasteiger partial charge on any atom is 0.218 e. The van der Waals surface area contributed by atoms with E-state index < -0.39 is 0 Å². The highest BCUT2D eigenvalue weighted by molar-refractivity contribution is 14.0. The summed E-state index contributed by atoms with van der Waals surface area (Å²) in [5.74, 6) is 1.37. The second-order valence-electron chi connectivity index (χ2n) is 6.21. The van der Waals surface area contributed by atoms with Crippen molar-refractivity contribution in [3.05, 3.63) is 75.9 Å². The maximum atomic E-state index is 5.91. The number of benzene rings is 1. The van der Waals surface area contributed by atoms with E-state index in [1.807, 2.05) is 48.7 Å². The van der Waals surface area contributed by atoms with Gasteiger partial charge in [0.25, 0.3) is 0 Å². The Morgan fingerprint density at radius 2 is 1.93 bits per heavy atom. The van der Waals surface area contributed by atoms with Crippen LogP contribution in [-0.4, -0.2) is 29.5 Å². The molecule has 0 atom stereocenters. The fourth-order valence-electron chi connectivity index (χ4n) is 2.62. The van der Waals surface area contributed by atoms with Crippen molar-refractivity contribution in [1.82, 2.24) is 20.6 Å². The Labute approximate surface area is 192 Å². The highest BCUT2D eigenvalue weighted by atomic mass is 127. The third-order valence-electron chi connectivity index (χ3n) is 4.04. The third-order valence-corrected chi connectivity index (χ3v) is 5.01. The normalized spacial score (nSPS) is 10.9. The van der Waals surface area contributed by atoms with E-state index in [-0.39, 0.29) is 24.0 Å². The molecular weight excluding hydrogens is 497 g/mol. The molecule has 0 spiro atoms. The van der Waals surface area contributed by atoms with Crippen molar-refractivity contribution in [1.29, 1.82) is 0 Å². The van der Waals surface area contributed by atoms with Gasteiger partial charge in [-0.05, 0) is 18.6 Å². The highest BCUT2D eigenvalue weighted by Crippen LogP contribution is 2.16. The minimum Gasteiger partial charge on any atom is -0.473 e. The SMILES string of the molecule is CN=C(NCCc1ncc(C)s1)NCc1cccnc1OCc1ccccc1.I. The molecular formula is C21H26IN5OS. The lowest BCUT2D eigenvalue weighted by molar-refractivity contribution is 0.290. The van der Waals surface area contributed by atoms with E-state index in [0.717, 1.165) is 35.1 Å². The van der Waals surface area contributed by atoms with Crippen molar-refractivity contribution in [2.75, 3.05) is 13.6 Å². The molecule has 0 unspecified atom stereocenters. The number of hydrogen-bond donors (Lipinski definition) is 2. The van der Waals surface area contributed by atoms with Gasteiger partial charge in [0.1, 0.15) is 6.61 Å². The van der Waals surface area contributed by atoms with Gasteiger partial charge in [-0.2, -0.15) is 0 Å². The number of ether oxygens (including phenoxy) is 1. The molecule has 3 rings (SSSR count). The number of halogens is 1. The van der Waals surface area contributed by atoms with Gasteiger partial charge in [0.2, 0.25) is 5.88 Å². The Morgan fingerprint density at radius 1 is 1.10 bits per heavy atom. The minimum atomic E-state index is 0. The van der Waals surface area contributed by atoms with E-state index in [4.69, 9.17) is 4.74 Å². The topological polar surface area (TPSA) is 71.4 Å². The number of aryl methyl sites for hydroxylation is 1. The molecule has 29 heavy (non-hydrogen) atoms. The van der Waals surface area contributed by atoms with Gasteiger partial charge < -0.3 is 15.4 Å². The molecule has 3 aromatic rings. The van der Waals surface area contributed by atoms with Crippen LogP contribution in [0.4, 0.5) is 0 Å². The largest absolute Gasteiger partial charge is 0.473 e. The second-order valence-corrected chi connectivity index (χ2v) is 7.53. The molecule has 0 aliphatic carbocycles. The van der Waals surface area contributed by atoms with Crippen LogP contribution in [0.1, 0.15) is 21.0 Å². The van der Waals surface area contributed by atoms with Crippen molar-refractivity contribution in [2.45, 2.75) is 26.5 Å². The Bertz CT molecular complexity index is 901. The Morgan fingerprint density at radius 3 is 2.66 bits per heavy atom. The first kappa shape index (κ1) is 23.1. The highest BCUT2D eigenvalue weighted by Gasteiger charge is 2.07. The predicted octanol–water partition coefficient (Wildman–Crippen LogP) is 3.95. The molecule has 2 heterocycles. The van der Waals surface area contributed by atoms with Gasteiger partial charge in [-0.3, -0.25) is 4.99 Å². The quantitative estimate of drug-likeness (QED) is 0.266. The van der Waals surface area contributed by atoms with E-state index in [2.05, 4.69) is 32.5 Å². The number of thiazole rings is 1. The number of rotatable bonds is 8. The second kappa shape index (κ2) is 12.4. The van der Waals surface area contributed by atoms with E-state index in [9.17, 15) is 0 Å². The average Bonchev–Trinajstić information content (AvgIpc) is 3.15. The molecule has 8 heteroatoms. The first-order chi connectivity index (χ1) is 13.7. The molecule has 1 aromatic carbocycles. The van der Waals surface area contributed by atoms with Crippen molar-refractivity contribution < 1.29 is 4.74 Å². The number of guanidine groups is 1. The van der Waals surface area contributed by atoms with Gasteiger partial charge in [-0.25, -0.2) is 9.97 Å². The molecule has 0 aliphatic rings. The van der Waals surface area contributed by atoms with Crippen LogP contribution in [0.3, 0.4) is 0 Å². The predicted molar refractivity (Wildman–Crippen MR) is 129 cm³/mol. The molecule has 0 aliphatic heterocycles. The summed E-state index contributed by atoms with van der Waals surface area (Å²) in [4.78, 5) is 14.3. The van der Waals surface area contributed by atoms with E-state index in [1.54, 1.807) is 24.6 Å². The summed E-state index contributed by atoms with van der Waals surface area (Å²) in [7, 11) is 1.76. The van der Waals surface area contributed by atoms with Crippen LogP contribution < -0.4 is 15.4 Å². The molecule has 0 bridgehead atoms. The zero-order valence-electron chi connectivity index (χ0n) is 16.6. The molecule has 0 fully saturated rings. The van der Waals surface area contributed by atoms with Gasteiger partial charge in [-0.1, -0.05) is 36.4 Å². The van der Waals surface area contributed by atoms with Crippen molar-refractivity contribution in [3.8, 4) is 5.88 Å². The van der Waals surface area contributed by atoms with Crippen LogP contribution >= 0.6 is 35.3 Å². The van der Waals surface area contributed by atoms with Crippen molar-refractivity contribution in [3.63, 3.8) is 0 Å². The lowest BCUT2D eigenvalue weighted by Gasteiger charge is -2.14. The molecule has 0 saturated carbocycles. The molecule has 0 saturated heterocycles. The maximum absolute atomic E-state index is 5.91. The minimum absolute atomic E-state index is 0. The van der Waals surface area contributed by atoms with Crippen molar-refractivity contribution in [2.24, 2.45) is 4.99 Å². The van der Waals surface area contributed by atoms with Crippen molar-refractivity contribution >= 4 is 41.3 Å². The summed E-state index contributed by atoms with van der Waals surface area (Å²) in [6, 6.07) is 14.0. The summed E-state index contributed by atoms with van der Waals surface area (Å²) in [6.45, 7) is 3.91. The molecule has 0 radical (unpaired) electrons. The summed E-state index contributed by atoms with van der Waals surface area (Å²) >= 11 is 1.73. The van der Waals surface area contributed by atoms with Gasteiger partial charge in [0, 0.05) is 49.4 Å². The van der Waals surface area contributed by atoms with Crippen LogP contribution in [0.25, 0.3) is 0 Å². The number of aromatic nitrogens is 2. The van der Waals surface area contributed by atoms with Gasteiger partial charge in [0.05, 0.1) is 5.01 Å². The number of hydrogen-bond acceptors (Lipinski definition) is 5. The monoisotopic (exact) mass is 523 g/mol. The lowest BCUT2D eigenvalue weighted by Crippen LogP contribution is -2.37. The van der Waals surface area contributed by atoms with E-state index >= 15 is 0 Å². The zero-order valence-corrected chi connectivity index (χ0v) is 19.7. The molecule has 0 amide bonds. The average molecular weight is 523 g/mol. The fourth-order valence-corrected chi connectivity index (χ4v) is 3.41. The summed E-state index contributed by atoms with van der Waals surface area (Å²) in [5, 5.41) is 7.77. The van der Waals surface area contributed by atoms with Gasteiger partial charge in [0.15, 0.2) is 5.96 Å². The number of nitrogens with zero attached hydrogens (tertiary/aromatic N) is 3. The number of pyridine rings is 1. The first-order valence-corrected chi connectivity index (χ1v) is 10.0. The van der Waals surface area contributed by atoms with Gasteiger partial charge in [-0.15, -0.1) is 35.3 Å². The standard InChI is InChI=1S/C21H25N5OS.HI/c1-16-13-25-19(28-16)10-12-24-21(22-2)26-14-18-9-6-11-23-20(18)27-15-17-7-4-3-5-8-17;/h3-9,11,13H,10,12,14-15H2,1-2H3,(H2,22,24,26);1H. The molecule has 6 nitrogen and oxygen atoms in total. The van der Waals surface area contributed by atoms with E-state index in [1.165, 1.54) is 4.88 Å². The molecule has 154 valence electrons. The first-order valence-electron chi connectivity index (χ1n) is 9.21. The van der Waals surface area contributed by atoms with Crippen LogP contribution in [0.15, 0.2) is 59.9 Å². The number of aliphatic imine (C=N–C) groups is 1. The number of nitrogens with one attached hydrogen (secondary N) is 2. The summed E-state index contributed by atoms with van der Waals surface area (Å²) in [6.07, 6.45) is 4.52. The van der Waals surface area contributed by atoms with Crippen LogP contribution in [0.2, 0.25) is 0 Å². The van der Waals surface area contributed by atoms with Gasteiger partial charge >= 0.3 is 0 Å². The van der Waals surface area contributed by atoms with Crippen LogP contribution in [0.5, 0.6) is 5.88 Å². The fraction of sp³-hybridized carbons (Fsp3) is 0.286. The Hall–Kier alpha value is -2.20. The zero-order chi connectivity index (χ0) is 19.6. The molecule has 2 aromatic heterocycles. The third kappa shape index (κ3) is 7.62. The molecule has 2 N–H and O–H groups in total. The Balaban J connectivity index is 0.00000300. The lowest BCUT2D eigenvalue weighted by atomic mass is 10.2. The smallest absolute Gasteiger partial charge is 0.218 e. The van der Waals surface area contributed by atoms with Crippen LogP contribution in [0, 0.1) is 6.92 Å². The van der Waals surface area contributed by atoms with E-state index in [0.29, 0.717) is 19.0 Å². The summed E-state index contributed by atoms with van der Waals surface area (Å²) < 4.78 is 5.91. The summed E-state index contributed by atoms with van der Waals surface area (Å²) in [5.41, 5.74) is 2.10. The van der Waals surface area contributed by atoms with Crippen LogP contribution in [-0.2, 0) is 19.6 Å². The Kier molecular flexibility index (Phi) is 9.85.